The molecule has 1 unspecified atom stereocenters. The van der Waals surface area contributed by atoms with Crippen LogP contribution in [-0.4, -0.2) is 50.3 Å². The average molecular weight is 242 g/mol. The number of ether oxygens (including phenoxy) is 1. The summed E-state index contributed by atoms with van der Waals surface area (Å²) in [6, 6.07) is 0.661. The highest BCUT2D eigenvalue weighted by molar-refractivity contribution is 4.69. The minimum Gasteiger partial charge on any atom is -0.378 e. The molecule has 0 aromatic carbocycles. The van der Waals surface area contributed by atoms with Gasteiger partial charge in [-0.15, -0.1) is 0 Å². The summed E-state index contributed by atoms with van der Waals surface area (Å²) in [6.45, 7) is 11.2. The summed E-state index contributed by atoms with van der Waals surface area (Å²) in [5.74, 6) is 0.727. The molecule has 3 heteroatoms. The summed E-state index contributed by atoms with van der Waals surface area (Å²) in [6.07, 6.45) is 4.01. The van der Waals surface area contributed by atoms with Crippen LogP contribution in [0.1, 0.15) is 40.0 Å². The maximum absolute atomic E-state index is 5.91. The Hall–Kier alpha value is -0.120. The van der Waals surface area contributed by atoms with Gasteiger partial charge in [0.25, 0.3) is 0 Å². The van der Waals surface area contributed by atoms with Crippen molar-refractivity contribution >= 4 is 0 Å². The molecule has 1 saturated heterocycles. The number of nitrogens with zero attached hydrogens (tertiary/aromatic N) is 1. The zero-order valence-electron chi connectivity index (χ0n) is 12.0. The Bertz CT molecular complexity index is 191. The van der Waals surface area contributed by atoms with Crippen molar-refractivity contribution in [2.45, 2.75) is 52.2 Å². The second-order valence-electron chi connectivity index (χ2n) is 5.64. The molecule has 1 fully saturated rings. The predicted octanol–water partition coefficient (Wildman–Crippen LogP) is 2.12. The van der Waals surface area contributed by atoms with E-state index in [1.165, 1.54) is 12.8 Å². The zero-order chi connectivity index (χ0) is 12.7. The summed E-state index contributed by atoms with van der Waals surface area (Å²) in [5.41, 5.74) is 0. The Morgan fingerprint density at radius 1 is 1.24 bits per heavy atom. The number of piperidine rings is 1. The number of rotatable bonds is 7. The Kier molecular flexibility index (Phi) is 7.09. The zero-order valence-corrected chi connectivity index (χ0v) is 12.0. The summed E-state index contributed by atoms with van der Waals surface area (Å²) in [7, 11) is 2.22. The first kappa shape index (κ1) is 14.9. The molecule has 0 saturated carbocycles. The largest absolute Gasteiger partial charge is 0.378 e. The molecule has 3 nitrogen and oxygen atoms in total. The first-order valence-corrected chi connectivity index (χ1v) is 7.14. The SMILES string of the molecule is CC(C)C(C)N(C)CCCOC1CCNCC1. The van der Waals surface area contributed by atoms with Gasteiger partial charge in [0.15, 0.2) is 0 Å². The molecule has 0 amide bonds. The quantitative estimate of drug-likeness (QED) is 0.692. The normalized spacial score (nSPS) is 20.1. The third-order valence-corrected chi connectivity index (χ3v) is 3.95. The summed E-state index contributed by atoms with van der Waals surface area (Å²) < 4.78 is 5.91. The minimum absolute atomic E-state index is 0.504. The Balaban J connectivity index is 2.03. The fourth-order valence-electron chi connectivity index (χ4n) is 2.24. The summed E-state index contributed by atoms with van der Waals surface area (Å²) in [4.78, 5) is 2.44. The van der Waals surface area contributed by atoms with E-state index in [0.717, 1.165) is 38.6 Å². The van der Waals surface area contributed by atoms with Crippen LogP contribution in [0.3, 0.4) is 0 Å². The van der Waals surface area contributed by atoms with Crippen LogP contribution in [0.25, 0.3) is 0 Å². The van der Waals surface area contributed by atoms with Gasteiger partial charge in [-0.25, -0.2) is 0 Å². The van der Waals surface area contributed by atoms with Gasteiger partial charge < -0.3 is 15.0 Å². The van der Waals surface area contributed by atoms with Crippen LogP contribution in [0, 0.1) is 5.92 Å². The highest BCUT2D eigenvalue weighted by Crippen LogP contribution is 2.10. The van der Waals surface area contributed by atoms with Crippen molar-refractivity contribution in [1.82, 2.24) is 10.2 Å². The lowest BCUT2D eigenvalue weighted by Gasteiger charge is -2.28. The molecule has 1 atom stereocenters. The molecule has 1 rings (SSSR count). The minimum atomic E-state index is 0.504. The first-order chi connectivity index (χ1) is 8.11. The molecule has 1 aliphatic rings. The molecule has 0 bridgehead atoms. The lowest BCUT2D eigenvalue weighted by Crippen LogP contribution is -2.35. The van der Waals surface area contributed by atoms with Crippen LogP contribution in [0.4, 0.5) is 0 Å². The molecule has 102 valence electrons. The lowest BCUT2D eigenvalue weighted by molar-refractivity contribution is 0.0266. The molecular weight excluding hydrogens is 212 g/mol. The number of hydrogen-bond donors (Lipinski definition) is 1. The van der Waals surface area contributed by atoms with E-state index in [1.807, 2.05) is 0 Å². The molecule has 0 aromatic heterocycles. The second kappa shape index (κ2) is 8.06. The molecule has 1 aliphatic heterocycles. The van der Waals surface area contributed by atoms with E-state index in [-0.39, 0.29) is 0 Å². The van der Waals surface area contributed by atoms with Crippen LogP contribution in [0.5, 0.6) is 0 Å². The van der Waals surface area contributed by atoms with Crippen molar-refractivity contribution in [2.24, 2.45) is 5.92 Å². The number of nitrogens with one attached hydrogen (secondary N) is 1. The van der Waals surface area contributed by atoms with Crippen molar-refractivity contribution in [2.75, 3.05) is 33.3 Å². The Morgan fingerprint density at radius 3 is 2.47 bits per heavy atom. The van der Waals surface area contributed by atoms with Crippen molar-refractivity contribution in [3.63, 3.8) is 0 Å². The van der Waals surface area contributed by atoms with Crippen LogP contribution in [0.2, 0.25) is 0 Å². The van der Waals surface area contributed by atoms with Gasteiger partial charge in [0.1, 0.15) is 0 Å². The Morgan fingerprint density at radius 2 is 1.88 bits per heavy atom. The van der Waals surface area contributed by atoms with Gasteiger partial charge in [-0.1, -0.05) is 13.8 Å². The van der Waals surface area contributed by atoms with Gasteiger partial charge >= 0.3 is 0 Å². The molecule has 0 spiro atoms. The van der Waals surface area contributed by atoms with Gasteiger partial charge in [-0.2, -0.15) is 0 Å². The van der Waals surface area contributed by atoms with Gasteiger partial charge in [0, 0.05) is 19.2 Å². The van der Waals surface area contributed by atoms with E-state index in [9.17, 15) is 0 Å². The topological polar surface area (TPSA) is 24.5 Å². The van der Waals surface area contributed by atoms with E-state index in [0.29, 0.717) is 12.1 Å². The van der Waals surface area contributed by atoms with E-state index in [1.54, 1.807) is 0 Å². The van der Waals surface area contributed by atoms with Crippen molar-refractivity contribution < 1.29 is 4.74 Å². The van der Waals surface area contributed by atoms with Crippen LogP contribution >= 0.6 is 0 Å². The van der Waals surface area contributed by atoms with E-state index >= 15 is 0 Å². The van der Waals surface area contributed by atoms with Gasteiger partial charge in [0.2, 0.25) is 0 Å². The fraction of sp³-hybridized carbons (Fsp3) is 1.00. The first-order valence-electron chi connectivity index (χ1n) is 7.14. The maximum Gasteiger partial charge on any atom is 0.0599 e. The van der Waals surface area contributed by atoms with Crippen LogP contribution in [0.15, 0.2) is 0 Å². The van der Waals surface area contributed by atoms with Crippen LogP contribution in [-0.2, 0) is 4.74 Å². The Labute approximate surface area is 107 Å². The van der Waals surface area contributed by atoms with Gasteiger partial charge in [-0.3, -0.25) is 0 Å². The molecule has 0 aliphatic carbocycles. The van der Waals surface area contributed by atoms with Crippen LogP contribution < -0.4 is 5.32 Å². The molecule has 17 heavy (non-hydrogen) atoms. The smallest absolute Gasteiger partial charge is 0.0599 e. The third-order valence-electron chi connectivity index (χ3n) is 3.95. The molecule has 0 aromatic rings. The molecule has 1 N–H and O–H groups in total. The lowest BCUT2D eigenvalue weighted by atomic mass is 10.1. The van der Waals surface area contributed by atoms with E-state index < -0.39 is 0 Å². The van der Waals surface area contributed by atoms with Gasteiger partial charge in [0.05, 0.1) is 6.10 Å². The number of hydrogen-bond acceptors (Lipinski definition) is 3. The molecule has 0 radical (unpaired) electrons. The van der Waals surface area contributed by atoms with Crippen molar-refractivity contribution in [3.05, 3.63) is 0 Å². The van der Waals surface area contributed by atoms with E-state index in [4.69, 9.17) is 4.74 Å². The van der Waals surface area contributed by atoms with E-state index in [2.05, 4.69) is 38.0 Å². The average Bonchev–Trinajstić information content (AvgIpc) is 2.34. The molecular formula is C14H30N2O. The highest BCUT2D eigenvalue weighted by Gasteiger charge is 2.14. The summed E-state index contributed by atoms with van der Waals surface area (Å²) in [5, 5.41) is 3.36. The highest BCUT2D eigenvalue weighted by atomic mass is 16.5. The molecule has 1 heterocycles. The standard InChI is InChI=1S/C14H30N2O/c1-12(2)13(3)16(4)10-5-11-17-14-6-8-15-9-7-14/h12-15H,5-11H2,1-4H3. The monoisotopic (exact) mass is 242 g/mol. The van der Waals surface area contributed by atoms with Crippen molar-refractivity contribution in [3.8, 4) is 0 Å². The fourth-order valence-corrected chi connectivity index (χ4v) is 2.24. The third kappa shape index (κ3) is 5.84. The predicted molar refractivity (Wildman–Crippen MR) is 73.4 cm³/mol. The maximum atomic E-state index is 5.91. The van der Waals surface area contributed by atoms with Gasteiger partial charge in [-0.05, 0) is 52.2 Å². The second-order valence-corrected chi connectivity index (χ2v) is 5.64. The van der Waals surface area contributed by atoms with Crippen molar-refractivity contribution in [1.29, 1.82) is 0 Å². The summed E-state index contributed by atoms with van der Waals surface area (Å²) >= 11 is 0.